The highest BCUT2D eigenvalue weighted by Crippen LogP contribution is 2.32. The molecule has 1 saturated carbocycles. The summed E-state index contributed by atoms with van der Waals surface area (Å²) in [7, 11) is 0. The van der Waals surface area contributed by atoms with Crippen LogP contribution in [0.15, 0.2) is 18.2 Å². The predicted molar refractivity (Wildman–Crippen MR) is 77.9 cm³/mol. The van der Waals surface area contributed by atoms with Crippen molar-refractivity contribution >= 4 is 11.6 Å². The molecule has 1 aromatic rings. The van der Waals surface area contributed by atoms with Crippen molar-refractivity contribution in [2.75, 3.05) is 13.2 Å². The monoisotopic (exact) mass is 301 g/mol. The topological polar surface area (TPSA) is 30.5 Å². The number of likely N-dealkylation sites (N-methyl/N-ethyl adjacent to an activating group) is 1. The first-order chi connectivity index (χ1) is 9.67. The minimum absolute atomic E-state index is 0.0340. The molecule has 2 rings (SSSR count). The number of hydrogen-bond acceptors (Lipinski definition) is 3. The van der Waals surface area contributed by atoms with E-state index in [9.17, 15) is 4.39 Å². The summed E-state index contributed by atoms with van der Waals surface area (Å²) in [5.74, 6) is -0.308. The second kappa shape index (κ2) is 7.25. The molecule has 0 heterocycles. The molecule has 0 spiro atoms. The first kappa shape index (κ1) is 15.5. The van der Waals surface area contributed by atoms with E-state index in [2.05, 4.69) is 19.2 Å². The van der Waals surface area contributed by atoms with Gasteiger partial charge in [-0.15, -0.1) is 0 Å². The SMILES string of the molecule is CCCOC1C(NCC)CC1Oc1cccc(Cl)c1F. The molecule has 1 fully saturated rings. The van der Waals surface area contributed by atoms with Crippen LogP contribution in [0.1, 0.15) is 26.7 Å². The normalized spacial score (nSPS) is 25.3. The zero-order chi connectivity index (χ0) is 14.5. The maximum absolute atomic E-state index is 13.8. The summed E-state index contributed by atoms with van der Waals surface area (Å²) >= 11 is 5.76. The van der Waals surface area contributed by atoms with E-state index in [1.54, 1.807) is 12.1 Å². The molecule has 1 aliphatic rings. The van der Waals surface area contributed by atoms with Crippen LogP contribution in [0.4, 0.5) is 4.39 Å². The van der Waals surface area contributed by atoms with Crippen LogP contribution in [0, 0.1) is 5.82 Å². The summed E-state index contributed by atoms with van der Waals surface area (Å²) in [6.07, 6.45) is 1.61. The average Bonchev–Trinajstić information content (AvgIpc) is 2.42. The van der Waals surface area contributed by atoms with E-state index >= 15 is 0 Å². The van der Waals surface area contributed by atoms with Crippen LogP contribution in [0.5, 0.6) is 5.75 Å². The lowest BCUT2D eigenvalue weighted by atomic mass is 9.85. The molecule has 112 valence electrons. The summed E-state index contributed by atoms with van der Waals surface area (Å²) < 4.78 is 25.4. The van der Waals surface area contributed by atoms with Gasteiger partial charge in [-0.2, -0.15) is 0 Å². The molecule has 0 aromatic heterocycles. The largest absolute Gasteiger partial charge is 0.484 e. The number of nitrogens with one attached hydrogen (secondary N) is 1. The van der Waals surface area contributed by atoms with E-state index in [0.29, 0.717) is 6.61 Å². The maximum Gasteiger partial charge on any atom is 0.183 e. The third-order valence-electron chi connectivity index (χ3n) is 3.42. The van der Waals surface area contributed by atoms with Gasteiger partial charge in [-0.3, -0.25) is 0 Å². The van der Waals surface area contributed by atoms with Crippen molar-refractivity contribution in [3.63, 3.8) is 0 Å². The Bertz CT molecular complexity index is 444. The van der Waals surface area contributed by atoms with Gasteiger partial charge in [0.1, 0.15) is 12.2 Å². The highest BCUT2D eigenvalue weighted by atomic mass is 35.5. The zero-order valence-electron chi connectivity index (χ0n) is 11.9. The van der Waals surface area contributed by atoms with Crippen molar-refractivity contribution in [2.24, 2.45) is 0 Å². The Morgan fingerprint density at radius 1 is 1.40 bits per heavy atom. The molecule has 0 bridgehead atoms. The third-order valence-corrected chi connectivity index (χ3v) is 3.72. The molecule has 20 heavy (non-hydrogen) atoms. The van der Waals surface area contributed by atoms with Gasteiger partial charge in [-0.25, -0.2) is 4.39 Å². The van der Waals surface area contributed by atoms with Gasteiger partial charge in [-0.1, -0.05) is 31.5 Å². The second-order valence-electron chi connectivity index (χ2n) is 4.94. The van der Waals surface area contributed by atoms with Crippen LogP contribution in [0.25, 0.3) is 0 Å². The van der Waals surface area contributed by atoms with Crippen molar-refractivity contribution in [3.05, 3.63) is 29.0 Å². The molecule has 3 atom stereocenters. The Hall–Kier alpha value is -0.840. The second-order valence-corrected chi connectivity index (χ2v) is 5.35. The quantitative estimate of drug-likeness (QED) is 0.837. The highest BCUT2D eigenvalue weighted by Gasteiger charge is 2.43. The molecule has 0 amide bonds. The fourth-order valence-electron chi connectivity index (χ4n) is 2.37. The lowest BCUT2D eigenvalue weighted by Crippen LogP contribution is -2.61. The summed E-state index contributed by atoms with van der Waals surface area (Å²) in [6.45, 7) is 5.69. The minimum Gasteiger partial charge on any atom is -0.484 e. The molecular formula is C15H21ClFNO2. The van der Waals surface area contributed by atoms with Gasteiger partial charge in [0, 0.05) is 19.1 Å². The fraction of sp³-hybridized carbons (Fsp3) is 0.600. The molecule has 5 heteroatoms. The van der Waals surface area contributed by atoms with Crippen molar-refractivity contribution in [3.8, 4) is 5.75 Å². The smallest absolute Gasteiger partial charge is 0.183 e. The van der Waals surface area contributed by atoms with E-state index in [1.807, 2.05) is 0 Å². The van der Waals surface area contributed by atoms with E-state index in [-0.39, 0.29) is 29.0 Å². The highest BCUT2D eigenvalue weighted by molar-refractivity contribution is 6.30. The van der Waals surface area contributed by atoms with Gasteiger partial charge in [0.25, 0.3) is 0 Å². The van der Waals surface area contributed by atoms with Gasteiger partial charge >= 0.3 is 0 Å². The lowest BCUT2D eigenvalue weighted by molar-refractivity contribution is -0.108. The van der Waals surface area contributed by atoms with Crippen molar-refractivity contribution in [1.29, 1.82) is 0 Å². The van der Waals surface area contributed by atoms with Crippen molar-refractivity contribution in [2.45, 2.75) is 44.9 Å². The molecule has 0 aliphatic heterocycles. The van der Waals surface area contributed by atoms with Gasteiger partial charge in [-0.05, 0) is 25.1 Å². The number of rotatable bonds is 7. The summed E-state index contributed by atoms with van der Waals surface area (Å²) in [5, 5.41) is 3.44. The Morgan fingerprint density at radius 3 is 2.90 bits per heavy atom. The lowest BCUT2D eigenvalue weighted by Gasteiger charge is -2.44. The van der Waals surface area contributed by atoms with E-state index in [1.165, 1.54) is 6.07 Å². The Kier molecular flexibility index (Phi) is 5.64. The van der Waals surface area contributed by atoms with Gasteiger partial charge in [0.15, 0.2) is 11.6 Å². The first-order valence-electron chi connectivity index (χ1n) is 7.13. The van der Waals surface area contributed by atoms with Crippen LogP contribution in [0.3, 0.4) is 0 Å². The summed E-state index contributed by atoms with van der Waals surface area (Å²) in [4.78, 5) is 0. The molecule has 0 saturated heterocycles. The molecular weight excluding hydrogens is 281 g/mol. The number of halogens is 2. The molecule has 1 aliphatic carbocycles. The molecule has 1 aromatic carbocycles. The molecule has 0 radical (unpaired) electrons. The number of ether oxygens (including phenoxy) is 2. The van der Waals surface area contributed by atoms with Crippen molar-refractivity contribution in [1.82, 2.24) is 5.32 Å². The Labute approximate surface area is 124 Å². The zero-order valence-corrected chi connectivity index (χ0v) is 12.6. The number of benzene rings is 1. The Balaban J connectivity index is 1.99. The predicted octanol–water partition coefficient (Wildman–Crippen LogP) is 3.40. The third kappa shape index (κ3) is 3.43. The van der Waals surface area contributed by atoms with Crippen molar-refractivity contribution < 1.29 is 13.9 Å². The molecule has 1 N–H and O–H groups in total. The number of hydrogen-bond donors (Lipinski definition) is 1. The molecule has 3 unspecified atom stereocenters. The summed E-state index contributed by atoms with van der Waals surface area (Å²) in [6, 6.07) is 5.07. The first-order valence-corrected chi connectivity index (χ1v) is 7.50. The van der Waals surface area contributed by atoms with E-state index in [4.69, 9.17) is 21.1 Å². The molecule has 3 nitrogen and oxygen atoms in total. The van der Waals surface area contributed by atoms with E-state index < -0.39 is 5.82 Å². The van der Waals surface area contributed by atoms with Gasteiger partial charge in [0.05, 0.1) is 5.02 Å². The van der Waals surface area contributed by atoms with Crippen LogP contribution < -0.4 is 10.1 Å². The van der Waals surface area contributed by atoms with Gasteiger partial charge < -0.3 is 14.8 Å². The Morgan fingerprint density at radius 2 is 2.20 bits per heavy atom. The minimum atomic E-state index is -0.504. The fourth-order valence-corrected chi connectivity index (χ4v) is 2.54. The van der Waals surface area contributed by atoms with Crippen LogP contribution in [-0.2, 0) is 4.74 Å². The summed E-state index contributed by atoms with van der Waals surface area (Å²) in [5.41, 5.74) is 0. The van der Waals surface area contributed by atoms with E-state index in [0.717, 1.165) is 19.4 Å². The van der Waals surface area contributed by atoms with Gasteiger partial charge in [0.2, 0.25) is 0 Å². The maximum atomic E-state index is 13.8. The van der Waals surface area contributed by atoms with Crippen LogP contribution in [-0.4, -0.2) is 31.4 Å². The average molecular weight is 302 g/mol. The van der Waals surface area contributed by atoms with Crippen LogP contribution in [0.2, 0.25) is 5.02 Å². The standard InChI is InChI=1S/C15H21ClFNO2/c1-3-8-19-15-11(18-4-2)9-13(15)20-12-7-5-6-10(16)14(12)17/h5-7,11,13,15,18H,3-4,8-9H2,1-2H3. The van der Waals surface area contributed by atoms with Crippen LogP contribution >= 0.6 is 11.6 Å².